The Morgan fingerprint density at radius 3 is 2.60 bits per heavy atom. The monoisotopic (exact) mass is 350 g/mol. The highest BCUT2D eigenvalue weighted by Crippen LogP contribution is 2.27. The van der Waals surface area contributed by atoms with Gasteiger partial charge in [0.2, 0.25) is 0 Å². The summed E-state index contributed by atoms with van der Waals surface area (Å²) in [7, 11) is 0. The van der Waals surface area contributed by atoms with E-state index < -0.39 is 12.1 Å². The van der Waals surface area contributed by atoms with Crippen molar-refractivity contribution in [2.75, 3.05) is 0 Å². The molecule has 0 saturated carbocycles. The van der Waals surface area contributed by atoms with Crippen molar-refractivity contribution in [3.8, 4) is 0 Å². The standard InChI is InChI=1S/C21H34O4/c1-7-14(3)15(4)10-18-9-13(2)8-16(5)19(22)12-20(23)17(6)11-21(24)25-18/h11,13,15-16,18,20,23H,3,7-10,12H2,1-2,4-6H3. The number of hydrogen-bond donors (Lipinski definition) is 1. The van der Waals surface area contributed by atoms with E-state index in [1.165, 1.54) is 6.08 Å². The summed E-state index contributed by atoms with van der Waals surface area (Å²) in [6.07, 6.45) is 3.38. The van der Waals surface area contributed by atoms with Crippen molar-refractivity contribution < 1.29 is 19.4 Å². The van der Waals surface area contributed by atoms with Crippen LogP contribution in [0, 0.1) is 17.8 Å². The van der Waals surface area contributed by atoms with E-state index in [-0.39, 0.29) is 36.1 Å². The Morgan fingerprint density at radius 2 is 2.00 bits per heavy atom. The summed E-state index contributed by atoms with van der Waals surface area (Å²) in [5.41, 5.74) is 1.63. The molecular formula is C21H34O4. The number of carbonyl (C=O) groups is 2. The minimum atomic E-state index is -0.922. The lowest BCUT2D eigenvalue weighted by Gasteiger charge is -2.27. The maximum absolute atomic E-state index is 12.3. The molecule has 0 amide bonds. The van der Waals surface area contributed by atoms with Crippen LogP contribution in [0.2, 0.25) is 0 Å². The molecule has 5 atom stereocenters. The first kappa shape index (κ1) is 21.6. The quantitative estimate of drug-likeness (QED) is 0.609. The van der Waals surface area contributed by atoms with Crippen molar-refractivity contribution in [2.45, 2.75) is 78.9 Å². The number of rotatable bonds is 4. The van der Waals surface area contributed by atoms with Gasteiger partial charge in [0.15, 0.2) is 0 Å². The van der Waals surface area contributed by atoms with Crippen LogP contribution in [0.15, 0.2) is 23.8 Å². The number of cyclic esters (lactones) is 1. The summed E-state index contributed by atoms with van der Waals surface area (Å²) < 4.78 is 5.69. The van der Waals surface area contributed by atoms with Crippen molar-refractivity contribution in [1.82, 2.24) is 0 Å². The van der Waals surface area contributed by atoms with Crippen LogP contribution in [0.4, 0.5) is 0 Å². The van der Waals surface area contributed by atoms with Gasteiger partial charge in [-0.15, -0.1) is 0 Å². The minimum Gasteiger partial charge on any atom is -0.459 e. The molecule has 0 aromatic rings. The van der Waals surface area contributed by atoms with Gasteiger partial charge in [0.25, 0.3) is 0 Å². The predicted octanol–water partition coefficient (Wildman–Crippen LogP) is 4.22. The largest absolute Gasteiger partial charge is 0.459 e. The van der Waals surface area contributed by atoms with Gasteiger partial charge in [0.05, 0.1) is 6.10 Å². The molecule has 4 heteroatoms. The van der Waals surface area contributed by atoms with Crippen LogP contribution in [-0.2, 0) is 14.3 Å². The normalized spacial score (nSPS) is 30.6. The summed E-state index contributed by atoms with van der Waals surface area (Å²) in [5.74, 6) is 0.0452. The number of Topliss-reactive ketones (excluding diaryl/α,β-unsaturated/α-hetero) is 1. The molecule has 4 nitrogen and oxygen atoms in total. The second-order valence-electron chi connectivity index (χ2n) is 7.76. The van der Waals surface area contributed by atoms with E-state index in [0.717, 1.165) is 31.3 Å². The summed E-state index contributed by atoms with van der Waals surface area (Å²) >= 11 is 0. The van der Waals surface area contributed by atoms with Crippen molar-refractivity contribution in [3.63, 3.8) is 0 Å². The van der Waals surface area contributed by atoms with Crippen LogP contribution in [-0.4, -0.2) is 29.1 Å². The highest BCUT2D eigenvalue weighted by Gasteiger charge is 2.26. The van der Waals surface area contributed by atoms with E-state index in [9.17, 15) is 14.7 Å². The van der Waals surface area contributed by atoms with Gasteiger partial charge in [-0.25, -0.2) is 4.79 Å². The minimum absolute atomic E-state index is 0.0466. The van der Waals surface area contributed by atoms with E-state index in [2.05, 4.69) is 27.4 Å². The molecule has 0 spiro atoms. The van der Waals surface area contributed by atoms with Gasteiger partial charge in [-0.1, -0.05) is 39.8 Å². The highest BCUT2D eigenvalue weighted by molar-refractivity contribution is 5.84. The molecule has 0 aromatic heterocycles. The summed E-state index contributed by atoms with van der Waals surface area (Å²) in [5, 5.41) is 10.1. The number of ketones is 1. The first-order valence-corrected chi connectivity index (χ1v) is 9.41. The molecule has 1 N–H and O–H groups in total. The van der Waals surface area contributed by atoms with Crippen molar-refractivity contribution in [2.24, 2.45) is 17.8 Å². The number of aliphatic hydroxyl groups excluding tert-OH is 1. The van der Waals surface area contributed by atoms with E-state index in [4.69, 9.17) is 4.74 Å². The highest BCUT2D eigenvalue weighted by atomic mass is 16.5. The van der Waals surface area contributed by atoms with E-state index in [1.54, 1.807) is 6.92 Å². The van der Waals surface area contributed by atoms with Crippen LogP contribution in [0.5, 0.6) is 0 Å². The Labute approximate surface area is 152 Å². The third-order valence-corrected chi connectivity index (χ3v) is 5.29. The fourth-order valence-corrected chi connectivity index (χ4v) is 3.42. The summed E-state index contributed by atoms with van der Waals surface area (Å²) in [6, 6.07) is 0. The van der Waals surface area contributed by atoms with Gasteiger partial charge in [-0.2, -0.15) is 0 Å². The fraction of sp³-hybridized carbons (Fsp3) is 0.714. The summed E-state index contributed by atoms with van der Waals surface area (Å²) in [4.78, 5) is 24.5. The molecule has 0 fully saturated rings. The first-order chi connectivity index (χ1) is 11.6. The van der Waals surface area contributed by atoms with Crippen LogP contribution < -0.4 is 0 Å². The van der Waals surface area contributed by atoms with Gasteiger partial charge in [0.1, 0.15) is 11.9 Å². The first-order valence-electron chi connectivity index (χ1n) is 9.41. The van der Waals surface area contributed by atoms with E-state index in [1.807, 2.05) is 6.92 Å². The number of esters is 1. The Kier molecular flexibility index (Phi) is 8.57. The summed E-state index contributed by atoms with van der Waals surface area (Å²) in [6.45, 7) is 13.9. The van der Waals surface area contributed by atoms with Gasteiger partial charge in [-0.3, -0.25) is 4.79 Å². The maximum atomic E-state index is 12.3. The lowest BCUT2D eigenvalue weighted by atomic mass is 9.85. The van der Waals surface area contributed by atoms with Gasteiger partial charge < -0.3 is 9.84 Å². The Hall–Kier alpha value is -1.42. The van der Waals surface area contributed by atoms with Crippen LogP contribution >= 0.6 is 0 Å². The molecule has 142 valence electrons. The van der Waals surface area contributed by atoms with E-state index in [0.29, 0.717) is 5.57 Å². The zero-order chi connectivity index (χ0) is 19.1. The lowest BCUT2D eigenvalue weighted by molar-refractivity contribution is -0.145. The van der Waals surface area contributed by atoms with Crippen LogP contribution in [0.25, 0.3) is 0 Å². The van der Waals surface area contributed by atoms with Gasteiger partial charge in [0, 0.05) is 18.4 Å². The number of allylic oxidation sites excluding steroid dienone is 1. The molecule has 1 aliphatic heterocycles. The number of carbonyl (C=O) groups excluding carboxylic acids is 2. The second-order valence-corrected chi connectivity index (χ2v) is 7.76. The third kappa shape index (κ3) is 7.15. The molecule has 0 bridgehead atoms. The molecule has 0 radical (unpaired) electrons. The Bertz CT molecular complexity index is 520. The topological polar surface area (TPSA) is 63.6 Å². The lowest BCUT2D eigenvalue weighted by Crippen LogP contribution is -2.27. The smallest absolute Gasteiger partial charge is 0.331 e. The number of ether oxygens (including phenoxy) is 1. The Morgan fingerprint density at radius 1 is 1.36 bits per heavy atom. The van der Waals surface area contributed by atoms with Crippen LogP contribution in [0.1, 0.15) is 66.7 Å². The number of hydrogen-bond acceptors (Lipinski definition) is 4. The fourth-order valence-electron chi connectivity index (χ4n) is 3.42. The van der Waals surface area contributed by atoms with Gasteiger partial charge >= 0.3 is 5.97 Å². The van der Waals surface area contributed by atoms with Crippen molar-refractivity contribution >= 4 is 11.8 Å². The molecule has 0 aromatic carbocycles. The SMILES string of the molecule is C=C(CC)C(C)CC1CC(C)CC(C)C(=O)CC(O)C(C)=CC(=O)O1. The van der Waals surface area contributed by atoms with Gasteiger partial charge in [-0.05, 0) is 50.0 Å². The molecule has 0 saturated heterocycles. The molecule has 1 heterocycles. The number of aliphatic hydroxyl groups is 1. The Balaban J connectivity index is 2.98. The van der Waals surface area contributed by atoms with Crippen LogP contribution in [0.3, 0.4) is 0 Å². The average molecular weight is 350 g/mol. The van der Waals surface area contributed by atoms with Crippen molar-refractivity contribution in [1.29, 1.82) is 0 Å². The molecule has 1 aliphatic rings. The second kappa shape index (κ2) is 9.91. The van der Waals surface area contributed by atoms with E-state index >= 15 is 0 Å². The zero-order valence-corrected chi connectivity index (χ0v) is 16.4. The third-order valence-electron chi connectivity index (χ3n) is 5.29. The zero-order valence-electron chi connectivity index (χ0n) is 16.4. The molecule has 0 aliphatic carbocycles. The molecule has 25 heavy (non-hydrogen) atoms. The maximum Gasteiger partial charge on any atom is 0.331 e. The predicted molar refractivity (Wildman–Crippen MR) is 100 cm³/mol. The molecular weight excluding hydrogens is 316 g/mol. The molecule has 1 rings (SSSR count). The molecule has 5 unspecified atom stereocenters. The average Bonchev–Trinajstić information content (AvgIpc) is 2.52. The van der Waals surface area contributed by atoms with Crippen molar-refractivity contribution in [3.05, 3.63) is 23.8 Å².